The predicted octanol–water partition coefficient (Wildman–Crippen LogP) is 7.97. The number of carbonyl (C=O) groups is 1. The molecule has 1 aromatic heterocycles. The number of para-hydroxylation sites is 1. The highest BCUT2D eigenvalue weighted by Crippen LogP contribution is 2.43. The fourth-order valence-electron chi connectivity index (χ4n) is 5.38. The number of urea groups is 1. The van der Waals surface area contributed by atoms with Crippen molar-refractivity contribution in [3.05, 3.63) is 88.6 Å². The molecule has 3 N–H and O–H groups in total. The summed E-state index contributed by atoms with van der Waals surface area (Å²) in [4.78, 5) is 12.8. The Bertz CT molecular complexity index is 1710. The van der Waals surface area contributed by atoms with E-state index >= 15 is 0 Å². The second-order valence-electron chi connectivity index (χ2n) is 11.3. The van der Waals surface area contributed by atoms with Crippen LogP contribution >= 0.6 is 0 Å². The molecule has 13 heteroatoms. The van der Waals surface area contributed by atoms with Crippen LogP contribution in [0, 0.1) is 12.8 Å². The number of hydrogen-bond donors (Lipinski definition) is 2. The maximum atomic E-state index is 14.1. The number of anilines is 2. The van der Waals surface area contributed by atoms with E-state index in [1.165, 1.54) is 4.90 Å². The van der Waals surface area contributed by atoms with Gasteiger partial charge < -0.3 is 20.7 Å². The maximum Gasteiger partial charge on any atom is 0.418 e. The lowest BCUT2D eigenvalue weighted by Crippen LogP contribution is -2.32. The van der Waals surface area contributed by atoms with Crippen molar-refractivity contribution in [1.29, 1.82) is 0 Å². The average Bonchev–Trinajstić information content (AvgIpc) is 3.33. The number of nitrogens with zero attached hydrogens (tertiary/aromatic N) is 3. The van der Waals surface area contributed by atoms with Crippen LogP contribution in [0.25, 0.3) is 16.9 Å². The monoisotopic (exact) mass is 631 g/mol. The van der Waals surface area contributed by atoms with Crippen LogP contribution in [0.4, 0.5) is 42.5 Å². The van der Waals surface area contributed by atoms with Crippen molar-refractivity contribution < 1.29 is 35.9 Å². The summed E-state index contributed by atoms with van der Waals surface area (Å²) in [6, 6.07) is 13.2. The first kappa shape index (κ1) is 31.7. The number of benzene rings is 3. The smallest absolute Gasteiger partial charge is 0.418 e. The van der Waals surface area contributed by atoms with Crippen molar-refractivity contribution in [2.45, 2.75) is 46.1 Å². The third-order valence-electron chi connectivity index (χ3n) is 7.41. The summed E-state index contributed by atoms with van der Waals surface area (Å²) in [6.45, 7) is 6.41. The van der Waals surface area contributed by atoms with Gasteiger partial charge in [0, 0.05) is 42.0 Å². The van der Waals surface area contributed by atoms with Crippen LogP contribution in [0.1, 0.15) is 41.8 Å². The number of nitrogens with one attached hydrogen (secondary N) is 1. The number of primary amides is 1. The molecule has 0 saturated carbocycles. The first-order valence-corrected chi connectivity index (χ1v) is 14.2. The Morgan fingerprint density at radius 1 is 1.02 bits per heavy atom. The fraction of sp³-hybridized carbons (Fsp3) is 0.312. The summed E-state index contributed by atoms with van der Waals surface area (Å²) in [6.07, 6.45) is -9.71. The number of hydrogen-bond acceptors (Lipinski definition) is 4. The van der Waals surface area contributed by atoms with Crippen molar-refractivity contribution in [2.24, 2.45) is 11.7 Å². The molecule has 0 fully saturated rings. The molecule has 7 nitrogen and oxygen atoms in total. The van der Waals surface area contributed by atoms with Gasteiger partial charge >= 0.3 is 18.4 Å². The summed E-state index contributed by atoms with van der Waals surface area (Å²) < 4.78 is 90.3. The van der Waals surface area contributed by atoms with Gasteiger partial charge in [-0.1, -0.05) is 38.1 Å². The fourth-order valence-corrected chi connectivity index (χ4v) is 5.38. The predicted molar refractivity (Wildman–Crippen MR) is 158 cm³/mol. The maximum absolute atomic E-state index is 14.1. The van der Waals surface area contributed by atoms with Gasteiger partial charge in [-0.3, -0.25) is 0 Å². The summed E-state index contributed by atoms with van der Waals surface area (Å²) in [5, 5.41) is 7.41. The van der Waals surface area contributed by atoms with Gasteiger partial charge in [-0.2, -0.15) is 31.4 Å². The van der Waals surface area contributed by atoms with E-state index in [1.807, 2.05) is 39.0 Å². The minimum Gasteiger partial charge on any atom is -0.491 e. The van der Waals surface area contributed by atoms with E-state index in [1.54, 1.807) is 28.9 Å². The topological polar surface area (TPSA) is 85.4 Å². The number of rotatable bonds is 7. The molecule has 0 saturated heterocycles. The molecule has 3 aromatic carbocycles. The van der Waals surface area contributed by atoms with E-state index in [0.29, 0.717) is 52.3 Å². The number of alkyl halides is 6. The van der Waals surface area contributed by atoms with Gasteiger partial charge in [0.05, 0.1) is 29.1 Å². The van der Waals surface area contributed by atoms with Crippen LogP contribution in [-0.4, -0.2) is 29.0 Å². The van der Waals surface area contributed by atoms with Gasteiger partial charge in [0.2, 0.25) is 0 Å². The number of halogens is 6. The van der Waals surface area contributed by atoms with Crippen LogP contribution in [0.5, 0.6) is 5.75 Å². The number of ether oxygens (including phenoxy) is 1. The molecule has 2 amide bonds. The summed E-state index contributed by atoms with van der Waals surface area (Å²) in [7, 11) is 0. The summed E-state index contributed by atoms with van der Waals surface area (Å²) in [5.74, 6) is 0.796. The quantitative estimate of drug-likeness (QED) is 0.203. The van der Waals surface area contributed by atoms with Crippen LogP contribution in [0.3, 0.4) is 0 Å². The molecular formula is C32H31F6N5O2. The zero-order chi connectivity index (χ0) is 32.7. The molecule has 1 aliphatic rings. The molecule has 4 aromatic rings. The second kappa shape index (κ2) is 12.0. The normalized spacial score (nSPS) is 13.6. The van der Waals surface area contributed by atoms with E-state index < -0.39 is 29.5 Å². The summed E-state index contributed by atoms with van der Waals surface area (Å²) in [5.41, 5.74) is 6.56. The second-order valence-corrected chi connectivity index (χ2v) is 11.3. The number of nitrogens with two attached hydrogens (primary N) is 1. The lowest BCUT2D eigenvalue weighted by molar-refractivity contribution is -0.142. The van der Waals surface area contributed by atoms with E-state index in [4.69, 9.17) is 15.6 Å². The lowest BCUT2D eigenvalue weighted by Gasteiger charge is -2.31. The van der Waals surface area contributed by atoms with Crippen molar-refractivity contribution in [3.63, 3.8) is 0 Å². The van der Waals surface area contributed by atoms with Gasteiger partial charge in [-0.25, -0.2) is 9.48 Å². The SMILES string of the molecule is Cc1cccc(OCC(C)C)c1-n1nc2c(c1-c1ccc(NC(N)=O)cc1)CN(c1ccc(C(F)(F)F)cc1C(F)(F)F)CC2. The number of aromatic nitrogens is 2. The molecule has 1 aliphatic heterocycles. The molecule has 2 heterocycles. The minimum atomic E-state index is -5.02. The van der Waals surface area contributed by atoms with Gasteiger partial charge in [-0.15, -0.1) is 0 Å². The molecule has 45 heavy (non-hydrogen) atoms. The number of fused-ring (bicyclic) bond motifs is 1. The van der Waals surface area contributed by atoms with Crippen LogP contribution in [0.15, 0.2) is 60.7 Å². The number of aryl methyl sites for hydroxylation is 1. The van der Waals surface area contributed by atoms with Crippen molar-refractivity contribution in [2.75, 3.05) is 23.4 Å². The molecule has 0 aliphatic carbocycles. The van der Waals surface area contributed by atoms with E-state index in [-0.39, 0.29) is 37.2 Å². The Morgan fingerprint density at radius 3 is 2.36 bits per heavy atom. The highest BCUT2D eigenvalue weighted by Gasteiger charge is 2.40. The highest BCUT2D eigenvalue weighted by atomic mass is 19.4. The number of amides is 2. The number of carbonyl (C=O) groups excluding carboxylic acids is 1. The van der Waals surface area contributed by atoms with Gasteiger partial charge in [0.1, 0.15) is 11.4 Å². The Balaban J connectivity index is 1.67. The molecular weight excluding hydrogens is 600 g/mol. The molecule has 238 valence electrons. The zero-order valence-corrected chi connectivity index (χ0v) is 24.7. The highest BCUT2D eigenvalue weighted by molar-refractivity contribution is 5.88. The Kier molecular flexibility index (Phi) is 8.47. The van der Waals surface area contributed by atoms with Crippen LogP contribution < -0.4 is 20.7 Å². The third-order valence-corrected chi connectivity index (χ3v) is 7.41. The molecule has 0 bridgehead atoms. The minimum absolute atomic E-state index is 0.0472. The Morgan fingerprint density at radius 2 is 1.73 bits per heavy atom. The standard InChI is InChI=1S/C32H31F6N5O2/c1-18(2)17-45-27-6-4-5-19(3)28(27)43-29(20-7-10-22(11-8-20)40-30(39)44)23-16-42(14-13-25(23)41-43)26-12-9-21(31(33,34)35)15-24(26)32(36,37)38/h4-12,15,18H,13-14,16-17H2,1-3H3,(H3,39,40,44). The lowest BCUT2D eigenvalue weighted by atomic mass is 9.98. The first-order valence-electron chi connectivity index (χ1n) is 14.2. The van der Waals surface area contributed by atoms with Crippen LogP contribution in [0.2, 0.25) is 0 Å². The molecule has 0 radical (unpaired) electrons. The zero-order valence-electron chi connectivity index (χ0n) is 24.7. The Labute approximate surface area is 255 Å². The molecule has 0 unspecified atom stereocenters. The molecule has 0 spiro atoms. The van der Waals surface area contributed by atoms with Gasteiger partial charge in [0.15, 0.2) is 0 Å². The molecule has 0 atom stereocenters. The van der Waals surface area contributed by atoms with Crippen molar-refractivity contribution >= 4 is 17.4 Å². The average molecular weight is 632 g/mol. The first-order chi connectivity index (χ1) is 21.1. The van der Waals surface area contributed by atoms with Gasteiger partial charge in [-0.05, 0) is 54.8 Å². The van der Waals surface area contributed by atoms with Crippen molar-refractivity contribution in [3.8, 4) is 22.7 Å². The summed E-state index contributed by atoms with van der Waals surface area (Å²) >= 11 is 0. The molecule has 5 rings (SSSR count). The third kappa shape index (κ3) is 6.71. The van der Waals surface area contributed by atoms with Crippen molar-refractivity contribution in [1.82, 2.24) is 9.78 Å². The van der Waals surface area contributed by atoms with E-state index in [2.05, 4.69) is 5.32 Å². The van der Waals surface area contributed by atoms with E-state index in [9.17, 15) is 31.1 Å². The van der Waals surface area contributed by atoms with Crippen LogP contribution in [-0.2, 0) is 25.3 Å². The Hall–Kier alpha value is -4.68. The van der Waals surface area contributed by atoms with Gasteiger partial charge in [0.25, 0.3) is 0 Å². The van der Waals surface area contributed by atoms with E-state index in [0.717, 1.165) is 11.6 Å². The largest absolute Gasteiger partial charge is 0.491 e.